The Kier molecular flexibility index (Phi) is 3.09. The van der Waals surface area contributed by atoms with Crippen molar-refractivity contribution in [3.05, 3.63) is 71.8 Å². The lowest BCUT2D eigenvalue weighted by Gasteiger charge is -2.47. The Morgan fingerprint density at radius 1 is 1.00 bits per heavy atom. The lowest BCUT2D eigenvalue weighted by molar-refractivity contribution is 0.0707. The largest absolute Gasteiger partial charge is 0.322 e. The summed E-state index contributed by atoms with van der Waals surface area (Å²) >= 11 is 0. The third-order valence-corrected chi connectivity index (χ3v) is 5.35. The van der Waals surface area contributed by atoms with E-state index in [1.807, 2.05) is 0 Å². The predicted octanol–water partition coefficient (Wildman–Crippen LogP) is 3.35. The maximum Gasteiger partial charge on any atom is 0.0482 e. The van der Waals surface area contributed by atoms with E-state index in [9.17, 15) is 0 Å². The first-order chi connectivity index (χ1) is 10.3. The summed E-state index contributed by atoms with van der Waals surface area (Å²) in [7, 11) is 0. The van der Waals surface area contributed by atoms with Crippen LogP contribution in [0.1, 0.15) is 30.0 Å². The number of hydrogen-bond acceptors (Lipinski definition) is 2. The molecule has 1 saturated carbocycles. The monoisotopic (exact) mass is 278 g/mol. The van der Waals surface area contributed by atoms with Crippen molar-refractivity contribution in [3.8, 4) is 0 Å². The first-order valence-corrected chi connectivity index (χ1v) is 7.87. The average Bonchev–Trinajstić information content (AvgIpc) is 3.03. The van der Waals surface area contributed by atoms with Gasteiger partial charge in [0.05, 0.1) is 0 Å². The summed E-state index contributed by atoms with van der Waals surface area (Å²) < 4.78 is 0. The van der Waals surface area contributed by atoms with Crippen molar-refractivity contribution in [1.82, 2.24) is 4.90 Å². The minimum absolute atomic E-state index is 0.126. The van der Waals surface area contributed by atoms with Gasteiger partial charge in [0.1, 0.15) is 0 Å². The average molecular weight is 278 g/mol. The molecule has 0 aromatic heterocycles. The van der Waals surface area contributed by atoms with Gasteiger partial charge >= 0.3 is 0 Å². The second-order valence-corrected chi connectivity index (χ2v) is 6.63. The number of benzene rings is 2. The molecule has 3 fully saturated rings. The quantitative estimate of drug-likeness (QED) is 0.929. The van der Waals surface area contributed by atoms with Gasteiger partial charge in [0.15, 0.2) is 0 Å². The summed E-state index contributed by atoms with van der Waals surface area (Å²) in [5.74, 6) is 0.850. The molecule has 21 heavy (non-hydrogen) atoms. The molecule has 0 spiro atoms. The zero-order valence-electron chi connectivity index (χ0n) is 12.3. The zero-order valence-corrected chi connectivity index (χ0v) is 12.3. The van der Waals surface area contributed by atoms with Crippen LogP contribution in [0.25, 0.3) is 0 Å². The van der Waals surface area contributed by atoms with Crippen molar-refractivity contribution in [1.29, 1.82) is 0 Å². The summed E-state index contributed by atoms with van der Waals surface area (Å²) in [5, 5.41) is 0. The number of fused-ring (bicyclic) bond motifs is 1. The van der Waals surface area contributed by atoms with Crippen molar-refractivity contribution < 1.29 is 0 Å². The van der Waals surface area contributed by atoms with Gasteiger partial charge in [-0.15, -0.1) is 0 Å². The predicted molar refractivity (Wildman–Crippen MR) is 85.7 cm³/mol. The molecular formula is C19H22N2. The summed E-state index contributed by atoms with van der Waals surface area (Å²) in [6.45, 7) is 2.23. The van der Waals surface area contributed by atoms with E-state index in [4.69, 9.17) is 5.73 Å². The van der Waals surface area contributed by atoms with Gasteiger partial charge in [0.25, 0.3) is 0 Å². The van der Waals surface area contributed by atoms with Crippen LogP contribution in [0.5, 0.6) is 0 Å². The Labute approximate surface area is 126 Å². The Balaban J connectivity index is 1.58. The zero-order chi connectivity index (χ0) is 14.3. The third-order valence-electron chi connectivity index (χ3n) is 5.35. The van der Waals surface area contributed by atoms with Gasteiger partial charge in [-0.1, -0.05) is 60.7 Å². The molecule has 3 aliphatic rings. The van der Waals surface area contributed by atoms with Gasteiger partial charge in [-0.3, -0.25) is 4.90 Å². The van der Waals surface area contributed by atoms with Gasteiger partial charge in [-0.05, 0) is 29.9 Å². The van der Waals surface area contributed by atoms with E-state index in [1.54, 1.807) is 0 Å². The van der Waals surface area contributed by atoms with Crippen LogP contribution >= 0.6 is 0 Å². The second-order valence-electron chi connectivity index (χ2n) is 6.63. The van der Waals surface area contributed by atoms with E-state index in [2.05, 4.69) is 65.6 Å². The topological polar surface area (TPSA) is 29.3 Å². The number of nitrogens with zero attached hydrogens (tertiary/aromatic N) is 1. The van der Waals surface area contributed by atoms with Crippen molar-refractivity contribution in [2.24, 2.45) is 11.7 Å². The Bertz CT molecular complexity index is 602. The molecule has 2 nitrogen and oxygen atoms in total. The molecular weight excluding hydrogens is 256 g/mol. The van der Waals surface area contributed by atoms with E-state index < -0.39 is 0 Å². The van der Waals surface area contributed by atoms with Crippen LogP contribution in [0.4, 0.5) is 0 Å². The summed E-state index contributed by atoms with van der Waals surface area (Å²) in [5.41, 5.74) is 9.52. The highest BCUT2D eigenvalue weighted by atomic mass is 15.3. The molecule has 5 rings (SSSR count). The molecule has 2 aliphatic heterocycles. The molecule has 1 aliphatic carbocycles. The molecule has 2 bridgehead atoms. The van der Waals surface area contributed by atoms with E-state index in [0.29, 0.717) is 0 Å². The summed E-state index contributed by atoms with van der Waals surface area (Å²) in [4.78, 5) is 2.63. The molecule has 1 unspecified atom stereocenters. The second kappa shape index (κ2) is 4.97. The van der Waals surface area contributed by atoms with E-state index in [-0.39, 0.29) is 11.6 Å². The number of rotatable bonds is 4. The fourth-order valence-corrected chi connectivity index (χ4v) is 4.27. The number of nitrogens with two attached hydrogens (primary N) is 1. The summed E-state index contributed by atoms with van der Waals surface area (Å²) in [6, 6.07) is 21.5. The Hall–Kier alpha value is -1.64. The van der Waals surface area contributed by atoms with Crippen LogP contribution in [0.3, 0.4) is 0 Å². The molecule has 2 heterocycles. The molecule has 0 amide bonds. The molecule has 2 saturated heterocycles. The van der Waals surface area contributed by atoms with Crippen LogP contribution in [0, 0.1) is 5.92 Å². The Morgan fingerprint density at radius 3 is 2.29 bits per heavy atom. The van der Waals surface area contributed by atoms with E-state index >= 15 is 0 Å². The standard InChI is InChI=1S/C19H22N2/c20-18(17-9-5-2-6-10-17)19-11-16(12-19)14-21(19)13-15-7-3-1-4-8-15/h1-10,16,18H,11-14,20H2. The minimum atomic E-state index is 0.126. The normalized spacial score (nSPS) is 29.1. The van der Waals surface area contributed by atoms with Crippen LogP contribution in [-0.4, -0.2) is 17.0 Å². The first kappa shape index (κ1) is 13.1. The first-order valence-electron chi connectivity index (χ1n) is 7.87. The smallest absolute Gasteiger partial charge is 0.0482 e. The lowest BCUT2D eigenvalue weighted by atomic mass is 9.67. The molecule has 0 radical (unpaired) electrons. The molecule has 2 N–H and O–H groups in total. The van der Waals surface area contributed by atoms with Crippen LogP contribution in [0.2, 0.25) is 0 Å². The van der Waals surface area contributed by atoms with Crippen molar-refractivity contribution in [2.45, 2.75) is 31.0 Å². The van der Waals surface area contributed by atoms with E-state index in [1.165, 1.54) is 30.5 Å². The van der Waals surface area contributed by atoms with Gasteiger partial charge in [0.2, 0.25) is 0 Å². The van der Waals surface area contributed by atoms with Crippen LogP contribution < -0.4 is 5.73 Å². The van der Waals surface area contributed by atoms with Gasteiger partial charge in [-0.25, -0.2) is 0 Å². The van der Waals surface area contributed by atoms with Crippen molar-refractivity contribution in [3.63, 3.8) is 0 Å². The summed E-state index contributed by atoms with van der Waals surface area (Å²) in [6.07, 6.45) is 2.52. The highest BCUT2D eigenvalue weighted by Crippen LogP contribution is 2.56. The van der Waals surface area contributed by atoms with Crippen LogP contribution in [0.15, 0.2) is 60.7 Å². The van der Waals surface area contributed by atoms with Gasteiger partial charge in [0, 0.05) is 24.7 Å². The maximum absolute atomic E-state index is 6.67. The molecule has 2 aromatic carbocycles. The van der Waals surface area contributed by atoms with Crippen molar-refractivity contribution >= 4 is 0 Å². The molecule has 2 heteroatoms. The third kappa shape index (κ3) is 2.10. The fraction of sp³-hybridized carbons (Fsp3) is 0.368. The van der Waals surface area contributed by atoms with Gasteiger partial charge < -0.3 is 5.73 Å². The SMILES string of the molecule is NC(c1ccccc1)C12CC(CN1Cc1ccccc1)C2. The van der Waals surface area contributed by atoms with Gasteiger partial charge in [-0.2, -0.15) is 0 Å². The molecule has 1 atom stereocenters. The van der Waals surface area contributed by atoms with E-state index in [0.717, 1.165) is 12.5 Å². The van der Waals surface area contributed by atoms with Crippen molar-refractivity contribution in [2.75, 3.05) is 6.54 Å². The molecule has 2 aromatic rings. The Morgan fingerprint density at radius 2 is 1.62 bits per heavy atom. The lowest BCUT2D eigenvalue weighted by Crippen LogP contribution is -2.53. The molecule has 108 valence electrons. The fourth-order valence-electron chi connectivity index (χ4n) is 4.27. The highest BCUT2D eigenvalue weighted by molar-refractivity contribution is 5.28. The minimum Gasteiger partial charge on any atom is -0.322 e. The van der Waals surface area contributed by atoms with Crippen LogP contribution in [-0.2, 0) is 6.54 Å². The maximum atomic E-state index is 6.67. The highest BCUT2D eigenvalue weighted by Gasteiger charge is 2.58. The number of hydrogen-bond donors (Lipinski definition) is 1.